The number of nitro groups is 1. The average molecular weight is 407 g/mol. The minimum atomic E-state index is -0.807. The number of nitrogens with one attached hydrogen (secondary N) is 1. The zero-order chi connectivity index (χ0) is 18.4. The molecule has 0 heterocycles. The predicted octanol–water partition coefficient (Wildman–Crippen LogP) is 3.39. The molecule has 1 atom stereocenters. The number of ether oxygens (including phenoxy) is 1. The van der Waals surface area contributed by atoms with Gasteiger partial charge < -0.3 is 10.1 Å². The first-order valence-electron chi connectivity index (χ1n) is 7.34. The van der Waals surface area contributed by atoms with Gasteiger partial charge in [-0.1, -0.05) is 30.3 Å². The summed E-state index contributed by atoms with van der Waals surface area (Å²) in [6.07, 6.45) is 0. The maximum absolute atomic E-state index is 12.0. The first-order chi connectivity index (χ1) is 11.9. The van der Waals surface area contributed by atoms with Crippen LogP contribution in [0.4, 0.5) is 5.69 Å². The van der Waals surface area contributed by atoms with Crippen LogP contribution in [0.2, 0.25) is 0 Å². The number of rotatable bonds is 6. The van der Waals surface area contributed by atoms with Crippen molar-refractivity contribution in [3.8, 4) is 0 Å². The fourth-order valence-electron chi connectivity index (χ4n) is 2.10. The Hall–Kier alpha value is -2.74. The number of hydrogen-bond acceptors (Lipinski definition) is 5. The molecule has 2 aromatic carbocycles. The Labute approximate surface area is 152 Å². The molecule has 0 unspecified atom stereocenters. The van der Waals surface area contributed by atoms with Crippen molar-refractivity contribution >= 4 is 33.5 Å². The number of benzene rings is 2. The molecule has 2 aromatic rings. The van der Waals surface area contributed by atoms with E-state index < -0.39 is 23.4 Å². The molecule has 2 rings (SSSR count). The molecule has 0 aliphatic rings. The van der Waals surface area contributed by atoms with Crippen molar-refractivity contribution in [3.05, 3.63) is 74.2 Å². The van der Waals surface area contributed by atoms with Crippen LogP contribution in [0.15, 0.2) is 53.0 Å². The minimum Gasteiger partial charge on any atom is -0.452 e. The molecule has 0 spiro atoms. The Balaban J connectivity index is 1.92. The van der Waals surface area contributed by atoms with Gasteiger partial charge in [-0.15, -0.1) is 0 Å². The second kappa shape index (κ2) is 8.39. The lowest BCUT2D eigenvalue weighted by Crippen LogP contribution is -2.31. The third-order valence-corrected chi connectivity index (χ3v) is 4.06. The van der Waals surface area contributed by atoms with Crippen LogP contribution >= 0.6 is 15.9 Å². The van der Waals surface area contributed by atoms with Crippen LogP contribution in [0, 0.1) is 10.1 Å². The van der Waals surface area contributed by atoms with Gasteiger partial charge in [-0.3, -0.25) is 14.9 Å². The van der Waals surface area contributed by atoms with Gasteiger partial charge in [0.25, 0.3) is 11.6 Å². The normalized spacial score (nSPS) is 11.4. The Bertz CT molecular complexity index is 795. The number of esters is 1. The summed E-state index contributed by atoms with van der Waals surface area (Å²) in [5, 5.41) is 13.6. The third-order valence-electron chi connectivity index (χ3n) is 3.39. The summed E-state index contributed by atoms with van der Waals surface area (Å²) in [7, 11) is 0. The molecule has 0 saturated carbocycles. The summed E-state index contributed by atoms with van der Waals surface area (Å²) in [5.41, 5.74) is 0.668. The van der Waals surface area contributed by atoms with Crippen molar-refractivity contribution in [2.75, 3.05) is 6.61 Å². The second-order valence-corrected chi connectivity index (χ2v) is 6.05. The van der Waals surface area contributed by atoms with E-state index in [1.807, 2.05) is 37.3 Å². The fourth-order valence-corrected chi connectivity index (χ4v) is 2.49. The number of carbonyl (C=O) groups is 2. The monoisotopic (exact) mass is 406 g/mol. The molecule has 1 amide bonds. The van der Waals surface area contributed by atoms with Gasteiger partial charge in [-0.05, 0) is 40.5 Å². The molecule has 130 valence electrons. The van der Waals surface area contributed by atoms with Crippen LogP contribution in [-0.4, -0.2) is 23.4 Å². The van der Waals surface area contributed by atoms with Gasteiger partial charge in [-0.25, -0.2) is 4.79 Å². The van der Waals surface area contributed by atoms with Crippen LogP contribution in [0.3, 0.4) is 0 Å². The van der Waals surface area contributed by atoms with Crippen molar-refractivity contribution in [2.45, 2.75) is 13.0 Å². The topological polar surface area (TPSA) is 98.5 Å². The molecule has 0 fully saturated rings. The maximum Gasteiger partial charge on any atom is 0.338 e. The highest BCUT2D eigenvalue weighted by Gasteiger charge is 2.18. The summed E-state index contributed by atoms with van der Waals surface area (Å²) >= 11 is 3.03. The minimum absolute atomic E-state index is 0.00110. The molecule has 0 aliphatic heterocycles. The Kier molecular flexibility index (Phi) is 6.24. The number of nitrogens with zero attached hydrogens (tertiary/aromatic N) is 1. The van der Waals surface area contributed by atoms with E-state index in [2.05, 4.69) is 21.2 Å². The van der Waals surface area contributed by atoms with Gasteiger partial charge >= 0.3 is 5.97 Å². The van der Waals surface area contributed by atoms with E-state index in [0.717, 1.165) is 11.6 Å². The molecule has 25 heavy (non-hydrogen) atoms. The van der Waals surface area contributed by atoms with E-state index in [0.29, 0.717) is 0 Å². The molecule has 0 bridgehead atoms. The lowest BCUT2D eigenvalue weighted by molar-refractivity contribution is -0.385. The first-order valence-corrected chi connectivity index (χ1v) is 8.13. The standard InChI is InChI=1S/C17H15BrN2O5/c1-11(12-5-3-2-4-6-12)19-16(21)10-25-17(22)13-7-8-14(18)15(9-13)20(23)24/h2-9,11H,10H2,1H3,(H,19,21)/t11-/m0/s1. The van der Waals surface area contributed by atoms with Gasteiger partial charge in [0.1, 0.15) is 0 Å². The van der Waals surface area contributed by atoms with E-state index in [9.17, 15) is 19.7 Å². The van der Waals surface area contributed by atoms with E-state index in [1.165, 1.54) is 12.1 Å². The van der Waals surface area contributed by atoms with Crippen molar-refractivity contribution in [1.82, 2.24) is 5.32 Å². The van der Waals surface area contributed by atoms with E-state index >= 15 is 0 Å². The smallest absolute Gasteiger partial charge is 0.338 e. The van der Waals surface area contributed by atoms with E-state index in [-0.39, 0.29) is 21.8 Å². The summed E-state index contributed by atoms with van der Waals surface area (Å²) in [6, 6.07) is 13.0. The molecular formula is C17H15BrN2O5. The first kappa shape index (κ1) is 18.6. The van der Waals surface area contributed by atoms with Crippen molar-refractivity contribution in [2.24, 2.45) is 0 Å². The quantitative estimate of drug-likeness (QED) is 0.450. The number of halogens is 1. The predicted molar refractivity (Wildman–Crippen MR) is 94.1 cm³/mol. The Morgan fingerprint density at radius 3 is 2.56 bits per heavy atom. The van der Waals surface area contributed by atoms with Gasteiger partial charge in [0, 0.05) is 6.07 Å². The fraction of sp³-hybridized carbons (Fsp3) is 0.176. The van der Waals surface area contributed by atoms with Crippen molar-refractivity contribution in [1.29, 1.82) is 0 Å². The Morgan fingerprint density at radius 2 is 1.92 bits per heavy atom. The molecule has 0 aromatic heterocycles. The number of hydrogen-bond donors (Lipinski definition) is 1. The highest BCUT2D eigenvalue weighted by atomic mass is 79.9. The highest BCUT2D eigenvalue weighted by Crippen LogP contribution is 2.25. The molecule has 8 heteroatoms. The Morgan fingerprint density at radius 1 is 1.24 bits per heavy atom. The largest absolute Gasteiger partial charge is 0.452 e. The number of carbonyl (C=O) groups excluding carboxylic acids is 2. The highest BCUT2D eigenvalue weighted by molar-refractivity contribution is 9.10. The maximum atomic E-state index is 12.0. The molecular weight excluding hydrogens is 392 g/mol. The zero-order valence-corrected chi connectivity index (χ0v) is 14.9. The summed E-state index contributed by atoms with van der Waals surface area (Å²) in [4.78, 5) is 34.1. The number of amides is 1. The lowest BCUT2D eigenvalue weighted by atomic mass is 10.1. The van der Waals surface area contributed by atoms with Gasteiger partial charge in [0.05, 0.1) is 21.0 Å². The summed E-state index contributed by atoms with van der Waals surface area (Å²) in [5.74, 6) is -1.27. The average Bonchev–Trinajstić information content (AvgIpc) is 2.60. The zero-order valence-electron chi connectivity index (χ0n) is 13.3. The lowest BCUT2D eigenvalue weighted by Gasteiger charge is -2.14. The molecule has 0 radical (unpaired) electrons. The SMILES string of the molecule is C[C@H](NC(=O)COC(=O)c1ccc(Br)c([N+](=O)[O-])c1)c1ccccc1. The summed E-state index contributed by atoms with van der Waals surface area (Å²) in [6.45, 7) is 1.34. The van der Waals surface area contributed by atoms with Gasteiger partial charge in [0.2, 0.25) is 0 Å². The third kappa shape index (κ3) is 5.12. The van der Waals surface area contributed by atoms with Crippen LogP contribution < -0.4 is 5.32 Å². The van der Waals surface area contributed by atoms with Gasteiger partial charge in [-0.2, -0.15) is 0 Å². The van der Waals surface area contributed by atoms with Crippen molar-refractivity contribution < 1.29 is 19.2 Å². The molecule has 0 saturated heterocycles. The van der Waals surface area contributed by atoms with Crippen LogP contribution in [0.25, 0.3) is 0 Å². The van der Waals surface area contributed by atoms with Crippen LogP contribution in [0.1, 0.15) is 28.9 Å². The van der Waals surface area contributed by atoms with Crippen LogP contribution in [0.5, 0.6) is 0 Å². The van der Waals surface area contributed by atoms with Crippen molar-refractivity contribution in [3.63, 3.8) is 0 Å². The van der Waals surface area contributed by atoms with Crippen LogP contribution in [-0.2, 0) is 9.53 Å². The molecule has 0 aliphatic carbocycles. The second-order valence-electron chi connectivity index (χ2n) is 5.20. The summed E-state index contributed by atoms with van der Waals surface area (Å²) < 4.78 is 5.17. The number of nitro benzene ring substituents is 1. The molecule has 7 nitrogen and oxygen atoms in total. The van der Waals surface area contributed by atoms with E-state index in [4.69, 9.17) is 4.74 Å². The van der Waals surface area contributed by atoms with E-state index in [1.54, 1.807) is 0 Å². The van der Waals surface area contributed by atoms with Gasteiger partial charge in [0.15, 0.2) is 6.61 Å². The molecule has 1 N–H and O–H groups in total.